The summed E-state index contributed by atoms with van der Waals surface area (Å²) in [7, 11) is 0. The number of halogens is 5. The molecule has 1 unspecified atom stereocenters. The second kappa shape index (κ2) is 15.0. The Morgan fingerprint density at radius 2 is 1.45 bits per heavy atom. The van der Waals surface area contributed by atoms with Crippen LogP contribution in [0.15, 0.2) is 81.7 Å². The highest BCUT2D eigenvalue weighted by atomic mass is 79.9. The normalized spacial score (nSPS) is 11.3. The van der Waals surface area contributed by atoms with Gasteiger partial charge in [-0.3, -0.25) is 0 Å². The van der Waals surface area contributed by atoms with Crippen LogP contribution in [-0.2, 0) is 6.18 Å². The third-order valence-electron chi connectivity index (χ3n) is 4.20. The highest BCUT2D eigenvalue weighted by Gasteiger charge is 2.32. The van der Waals surface area contributed by atoms with Crippen LogP contribution in [0.5, 0.6) is 0 Å². The van der Waals surface area contributed by atoms with Gasteiger partial charge in [0.2, 0.25) is 0 Å². The van der Waals surface area contributed by atoms with Crippen LogP contribution in [0.25, 0.3) is 0 Å². The molecule has 0 aliphatic carbocycles. The van der Waals surface area contributed by atoms with Gasteiger partial charge in [0.05, 0.1) is 5.56 Å². The molecule has 0 saturated carbocycles. The van der Waals surface area contributed by atoms with Gasteiger partial charge in [-0.25, -0.2) is 0 Å². The number of para-hydroxylation sites is 1. The third kappa shape index (κ3) is 11.1. The lowest BCUT2D eigenvalue weighted by molar-refractivity contribution is -0.136. The van der Waals surface area contributed by atoms with Crippen molar-refractivity contribution >= 4 is 43.2 Å². The van der Waals surface area contributed by atoms with E-state index in [0.717, 1.165) is 32.8 Å². The van der Waals surface area contributed by atoms with Crippen LogP contribution in [0.2, 0.25) is 0 Å². The SMILES string of the molecule is CC(N)c1ccccc1Br.CCNc1cccc(Br)c1.CCNc1ccccc1C(F)(F)F. The van der Waals surface area contributed by atoms with E-state index in [9.17, 15) is 13.2 Å². The summed E-state index contributed by atoms with van der Waals surface area (Å²) in [5, 5.41) is 5.88. The molecule has 0 amide bonds. The summed E-state index contributed by atoms with van der Waals surface area (Å²) in [4.78, 5) is 0. The summed E-state index contributed by atoms with van der Waals surface area (Å²) in [6, 6.07) is 21.7. The zero-order chi connectivity index (χ0) is 24.9. The van der Waals surface area contributed by atoms with E-state index in [1.807, 2.05) is 49.4 Å². The molecule has 3 rings (SSSR count). The van der Waals surface area contributed by atoms with E-state index in [4.69, 9.17) is 5.73 Å². The first-order valence-corrected chi connectivity index (χ1v) is 12.1. The van der Waals surface area contributed by atoms with Crippen LogP contribution in [0.4, 0.5) is 24.5 Å². The second-order valence-corrected chi connectivity index (χ2v) is 8.69. The first-order chi connectivity index (χ1) is 15.6. The maximum atomic E-state index is 12.3. The number of rotatable bonds is 5. The van der Waals surface area contributed by atoms with E-state index in [1.165, 1.54) is 12.1 Å². The van der Waals surface area contributed by atoms with Gasteiger partial charge in [0, 0.05) is 39.5 Å². The Morgan fingerprint density at radius 3 is 1.97 bits per heavy atom. The number of alkyl halides is 3. The number of benzene rings is 3. The van der Waals surface area contributed by atoms with Gasteiger partial charge in [0.25, 0.3) is 0 Å². The third-order valence-corrected chi connectivity index (χ3v) is 5.42. The van der Waals surface area contributed by atoms with Crippen molar-refractivity contribution in [3.8, 4) is 0 Å². The number of hydrogen-bond donors (Lipinski definition) is 3. The largest absolute Gasteiger partial charge is 0.418 e. The maximum Gasteiger partial charge on any atom is 0.418 e. The van der Waals surface area contributed by atoms with Crippen molar-refractivity contribution < 1.29 is 13.2 Å². The fourth-order valence-electron chi connectivity index (χ4n) is 2.72. The molecule has 0 spiro atoms. The molecule has 180 valence electrons. The quantitative estimate of drug-likeness (QED) is 0.280. The Balaban J connectivity index is 0.000000251. The Hall–Kier alpha value is -2.03. The molecule has 0 saturated heterocycles. The highest BCUT2D eigenvalue weighted by Crippen LogP contribution is 2.34. The lowest BCUT2D eigenvalue weighted by Gasteiger charge is -2.12. The van der Waals surface area contributed by atoms with Crippen LogP contribution in [0, 0.1) is 0 Å². The molecule has 0 radical (unpaired) electrons. The zero-order valence-electron chi connectivity index (χ0n) is 18.9. The van der Waals surface area contributed by atoms with Crippen molar-refractivity contribution in [3.63, 3.8) is 0 Å². The molecule has 3 nitrogen and oxygen atoms in total. The molecule has 3 aromatic rings. The minimum absolute atomic E-state index is 0.107. The molecule has 0 fully saturated rings. The van der Waals surface area contributed by atoms with Crippen LogP contribution in [-0.4, -0.2) is 13.1 Å². The van der Waals surface area contributed by atoms with Crippen LogP contribution < -0.4 is 16.4 Å². The van der Waals surface area contributed by atoms with Crippen molar-refractivity contribution in [1.29, 1.82) is 0 Å². The smallest absolute Gasteiger partial charge is 0.385 e. The average Bonchev–Trinajstić information content (AvgIpc) is 2.75. The van der Waals surface area contributed by atoms with Crippen molar-refractivity contribution in [3.05, 3.63) is 92.9 Å². The fourth-order valence-corrected chi connectivity index (χ4v) is 3.77. The predicted molar refractivity (Wildman–Crippen MR) is 141 cm³/mol. The van der Waals surface area contributed by atoms with E-state index in [2.05, 4.69) is 55.5 Å². The first kappa shape index (κ1) is 29.0. The Morgan fingerprint density at radius 1 is 0.848 bits per heavy atom. The van der Waals surface area contributed by atoms with E-state index in [-0.39, 0.29) is 11.7 Å². The molecular formula is C25H30Br2F3N3. The van der Waals surface area contributed by atoms with Gasteiger partial charge < -0.3 is 16.4 Å². The summed E-state index contributed by atoms with van der Waals surface area (Å²) in [5.74, 6) is 0. The number of nitrogens with one attached hydrogen (secondary N) is 2. The minimum atomic E-state index is -4.28. The van der Waals surface area contributed by atoms with Crippen LogP contribution >= 0.6 is 31.9 Å². The Labute approximate surface area is 211 Å². The Bertz CT molecular complexity index is 963. The van der Waals surface area contributed by atoms with Crippen LogP contribution in [0.3, 0.4) is 0 Å². The molecule has 0 aliphatic rings. The Kier molecular flexibility index (Phi) is 13.2. The van der Waals surface area contributed by atoms with Crippen LogP contribution in [0.1, 0.15) is 37.9 Å². The molecule has 1 atom stereocenters. The lowest BCUT2D eigenvalue weighted by Crippen LogP contribution is -2.10. The highest BCUT2D eigenvalue weighted by molar-refractivity contribution is 9.10. The van der Waals surface area contributed by atoms with Crippen molar-refractivity contribution in [2.45, 2.75) is 33.0 Å². The van der Waals surface area contributed by atoms with Gasteiger partial charge in [0.15, 0.2) is 0 Å². The predicted octanol–water partition coefficient (Wildman–Crippen LogP) is 8.49. The maximum absolute atomic E-state index is 12.3. The molecular weight excluding hydrogens is 559 g/mol. The summed E-state index contributed by atoms with van der Waals surface area (Å²) in [6.45, 7) is 7.26. The summed E-state index contributed by atoms with van der Waals surface area (Å²) in [5.41, 5.74) is 7.53. The molecule has 33 heavy (non-hydrogen) atoms. The van der Waals surface area contributed by atoms with E-state index in [0.29, 0.717) is 6.54 Å². The molecule has 4 N–H and O–H groups in total. The zero-order valence-corrected chi connectivity index (χ0v) is 22.1. The molecule has 0 aromatic heterocycles. The van der Waals surface area contributed by atoms with Gasteiger partial charge in [-0.05, 0) is 62.7 Å². The van der Waals surface area contributed by atoms with E-state index in [1.54, 1.807) is 13.0 Å². The van der Waals surface area contributed by atoms with Crippen molar-refractivity contribution in [2.24, 2.45) is 5.73 Å². The number of nitrogens with two attached hydrogens (primary N) is 1. The molecule has 0 aliphatic heterocycles. The fraction of sp³-hybridized carbons (Fsp3) is 0.280. The van der Waals surface area contributed by atoms with Gasteiger partial charge in [0.1, 0.15) is 0 Å². The van der Waals surface area contributed by atoms with Gasteiger partial charge in [-0.1, -0.05) is 68.3 Å². The van der Waals surface area contributed by atoms with Gasteiger partial charge in [-0.2, -0.15) is 13.2 Å². The standard InChI is InChI=1S/C9H10F3N.2C8H10BrN/c1-2-13-8-6-4-3-5-7(8)9(10,11)12;1-6(10)7-4-2-3-5-8(7)9;1-2-10-8-5-3-4-7(9)6-8/h3-6,13H,2H2,1H3;2-6H,10H2,1H3;3-6,10H,2H2,1H3. The second-order valence-electron chi connectivity index (χ2n) is 6.92. The monoisotopic (exact) mass is 587 g/mol. The average molecular weight is 589 g/mol. The molecule has 3 aromatic carbocycles. The van der Waals surface area contributed by atoms with Gasteiger partial charge in [-0.15, -0.1) is 0 Å². The summed E-state index contributed by atoms with van der Waals surface area (Å²) >= 11 is 6.81. The van der Waals surface area contributed by atoms with Crippen molar-refractivity contribution in [2.75, 3.05) is 23.7 Å². The summed E-state index contributed by atoms with van der Waals surface area (Å²) < 4.78 is 39.2. The number of anilines is 2. The first-order valence-electron chi connectivity index (χ1n) is 10.5. The minimum Gasteiger partial charge on any atom is -0.385 e. The molecule has 8 heteroatoms. The summed E-state index contributed by atoms with van der Waals surface area (Å²) in [6.07, 6.45) is -4.28. The number of hydrogen-bond acceptors (Lipinski definition) is 3. The lowest BCUT2D eigenvalue weighted by atomic mass is 10.1. The van der Waals surface area contributed by atoms with Crippen molar-refractivity contribution in [1.82, 2.24) is 0 Å². The van der Waals surface area contributed by atoms with E-state index >= 15 is 0 Å². The molecule has 0 bridgehead atoms. The topological polar surface area (TPSA) is 50.1 Å². The van der Waals surface area contributed by atoms with E-state index < -0.39 is 11.7 Å². The van der Waals surface area contributed by atoms with Gasteiger partial charge >= 0.3 is 6.18 Å². The molecule has 0 heterocycles.